The van der Waals surface area contributed by atoms with Crippen molar-refractivity contribution in [3.63, 3.8) is 0 Å². The van der Waals surface area contributed by atoms with E-state index in [1.807, 2.05) is 12.1 Å². The topological polar surface area (TPSA) is 81.2 Å². The number of piperidine rings is 1. The molecule has 4 rings (SSSR count). The van der Waals surface area contributed by atoms with Crippen LogP contribution >= 0.6 is 0 Å². The number of aliphatic hydroxyl groups excluding tert-OH is 1. The molecule has 29 heavy (non-hydrogen) atoms. The third-order valence-electron chi connectivity index (χ3n) is 6.62. The van der Waals surface area contributed by atoms with Gasteiger partial charge in [0.05, 0.1) is 11.4 Å². The normalized spacial score (nSPS) is 22.0. The SMILES string of the molecule is O=C(CN1CCC(CO)CC1)N1CCN(S(=O)(=O)c2ccc3c(c2)CCC3)CC1. The van der Waals surface area contributed by atoms with Crippen LogP contribution in [0.3, 0.4) is 0 Å². The third-order valence-corrected chi connectivity index (χ3v) is 8.52. The molecule has 1 aromatic rings. The number of piperazine rings is 1. The van der Waals surface area contributed by atoms with Crippen molar-refractivity contribution in [1.29, 1.82) is 0 Å². The summed E-state index contributed by atoms with van der Waals surface area (Å²) in [5, 5.41) is 9.23. The maximum absolute atomic E-state index is 13.0. The lowest BCUT2D eigenvalue weighted by Crippen LogP contribution is -2.53. The predicted molar refractivity (Wildman–Crippen MR) is 110 cm³/mol. The van der Waals surface area contributed by atoms with Crippen LogP contribution in [0.2, 0.25) is 0 Å². The van der Waals surface area contributed by atoms with Crippen LogP contribution in [0, 0.1) is 5.92 Å². The highest BCUT2D eigenvalue weighted by Crippen LogP contribution is 2.27. The van der Waals surface area contributed by atoms with E-state index in [2.05, 4.69) is 4.90 Å². The van der Waals surface area contributed by atoms with Crippen molar-refractivity contribution in [2.24, 2.45) is 5.92 Å². The number of rotatable bonds is 5. The highest BCUT2D eigenvalue weighted by atomic mass is 32.2. The molecule has 0 bridgehead atoms. The molecule has 0 radical (unpaired) electrons. The van der Waals surface area contributed by atoms with Gasteiger partial charge in [-0.15, -0.1) is 0 Å². The number of carbonyl (C=O) groups is 1. The van der Waals surface area contributed by atoms with Crippen LogP contribution in [0.1, 0.15) is 30.4 Å². The number of amides is 1. The fourth-order valence-corrected chi connectivity index (χ4v) is 6.13. The van der Waals surface area contributed by atoms with Crippen molar-refractivity contribution in [2.75, 3.05) is 52.4 Å². The summed E-state index contributed by atoms with van der Waals surface area (Å²) in [7, 11) is -3.51. The number of benzene rings is 1. The van der Waals surface area contributed by atoms with Gasteiger partial charge in [0.25, 0.3) is 0 Å². The van der Waals surface area contributed by atoms with Crippen LogP contribution in [-0.4, -0.2) is 86.0 Å². The Morgan fingerprint density at radius 1 is 1.00 bits per heavy atom. The minimum absolute atomic E-state index is 0.0713. The Hall–Kier alpha value is -1.48. The Morgan fingerprint density at radius 3 is 2.38 bits per heavy atom. The third kappa shape index (κ3) is 4.50. The number of hydrogen-bond donors (Lipinski definition) is 1. The monoisotopic (exact) mass is 421 g/mol. The van der Waals surface area contributed by atoms with Crippen LogP contribution < -0.4 is 0 Å². The summed E-state index contributed by atoms with van der Waals surface area (Å²) >= 11 is 0. The largest absolute Gasteiger partial charge is 0.396 e. The van der Waals surface area contributed by atoms with Gasteiger partial charge in [-0.2, -0.15) is 4.31 Å². The molecule has 0 unspecified atom stereocenters. The van der Waals surface area contributed by atoms with Crippen molar-refractivity contribution < 1.29 is 18.3 Å². The Kier molecular flexibility index (Phi) is 6.24. The number of nitrogens with zero attached hydrogens (tertiary/aromatic N) is 3. The van der Waals surface area contributed by atoms with Gasteiger partial charge in [-0.05, 0) is 74.4 Å². The molecule has 1 amide bonds. The van der Waals surface area contributed by atoms with Crippen LogP contribution in [-0.2, 0) is 27.7 Å². The second kappa shape index (κ2) is 8.71. The van der Waals surface area contributed by atoms with E-state index in [-0.39, 0.29) is 12.5 Å². The first-order valence-electron chi connectivity index (χ1n) is 10.7. The number of fused-ring (bicyclic) bond motifs is 1. The quantitative estimate of drug-likeness (QED) is 0.758. The predicted octanol–water partition coefficient (Wildman–Crippen LogP) is 0.713. The van der Waals surface area contributed by atoms with Gasteiger partial charge < -0.3 is 10.0 Å². The molecule has 7 nitrogen and oxygen atoms in total. The second-order valence-electron chi connectivity index (χ2n) is 8.47. The van der Waals surface area contributed by atoms with Gasteiger partial charge in [0.2, 0.25) is 15.9 Å². The maximum atomic E-state index is 13.0. The summed E-state index contributed by atoms with van der Waals surface area (Å²) < 4.78 is 27.6. The maximum Gasteiger partial charge on any atom is 0.243 e. The zero-order valence-corrected chi connectivity index (χ0v) is 17.7. The molecule has 160 valence electrons. The molecule has 2 saturated heterocycles. The van der Waals surface area contributed by atoms with Crippen LogP contribution in [0.4, 0.5) is 0 Å². The molecule has 1 aliphatic carbocycles. The van der Waals surface area contributed by atoms with Gasteiger partial charge >= 0.3 is 0 Å². The summed E-state index contributed by atoms with van der Waals surface area (Å²) in [6.07, 6.45) is 4.94. The van der Waals surface area contributed by atoms with Crippen molar-refractivity contribution in [1.82, 2.24) is 14.1 Å². The highest BCUT2D eigenvalue weighted by molar-refractivity contribution is 7.89. The van der Waals surface area contributed by atoms with Gasteiger partial charge in [-0.25, -0.2) is 8.42 Å². The smallest absolute Gasteiger partial charge is 0.243 e. The van der Waals surface area contributed by atoms with Crippen molar-refractivity contribution >= 4 is 15.9 Å². The lowest BCUT2D eigenvalue weighted by molar-refractivity contribution is -0.134. The van der Waals surface area contributed by atoms with Gasteiger partial charge in [-0.1, -0.05) is 6.07 Å². The number of carbonyl (C=O) groups excluding carboxylic acids is 1. The van der Waals surface area contributed by atoms with Gasteiger partial charge in [0.1, 0.15) is 0 Å². The van der Waals surface area contributed by atoms with Crippen LogP contribution in [0.5, 0.6) is 0 Å². The van der Waals surface area contributed by atoms with Crippen molar-refractivity contribution in [3.05, 3.63) is 29.3 Å². The molecular weight excluding hydrogens is 390 g/mol. The second-order valence-corrected chi connectivity index (χ2v) is 10.4. The Labute approximate surface area is 173 Å². The zero-order chi connectivity index (χ0) is 20.4. The summed E-state index contributed by atoms with van der Waals surface area (Å²) in [6.45, 7) is 3.85. The van der Waals surface area contributed by atoms with E-state index in [1.165, 1.54) is 9.87 Å². The Balaban J connectivity index is 1.31. The molecule has 2 aliphatic heterocycles. The molecule has 8 heteroatoms. The number of aliphatic hydroxyl groups is 1. The molecule has 0 atom stereocenters. The number of sulfonamides is 1. The summed E-state index contributed by atoms with van der Waals surface area (Å²) in [6, 6.07) is 5.52. The highest BCUT2D eigenvalue weighted by Gasteiger charge is 2.31. The van der Waals surface area contributed by atoms with Gasteiger partial charge in [0, 0.05) is 32.8 Å². The van der Waals surface area contributed by atoms with E-state index in [9.17, 15) is 18.3 Å². The molecule has 0 aromatic heterocycles. The first-order chi connectivity index (χ1) is 14.0. The molecule has 3 aliphatic rings. The molecule has 1 N–H and O–H groups in total. The van der Waals surface area contributed by atoms with E-state index in [4.69, 9.17) is 0 Å². The van der Waals surface area contributed by atoms with Crippen molar-refractivity contribution in [2.45, 2.75) is 37.0 Å². The van der Waals surface area contributed by atoms with E-state index < -0.39 is 10.0 Å². The molecule has 0 spiro atoms. The lowest BCUT2D eigenvalue weighted by Gasteiger charge is -2.36. The van der Waals surface area contributed by atoms with E-state index >= 15 is 0 Å². The van der Waals surface area contributed by atoms with E-state index in [0.29, 0.717) is 43.5 Å². The summed E-state index contributed by atoms with van der Waals surface area (Å²) in [5.74, 6) is 0.427. The van der Waals surface area contributed by atoms with Crippen molar-refractivity contribution in [3.8, 4) is 0 Å². The summed E-state index contributed by atoms with van der Waals surface area (Å²) in [5.41, 5.74) is 2.42. The lowest BCUT2D eigenvalue weighted by atomic mass is 9.98. The number of aryl methyl sites for hydroxylation is 2. The molecule has 2 fully saturated rings. The minimum atomic E-state index is -3.51. The average molecular weight is 422 g/mol. The minimum Gasteiger partial charge on any atom is -0.396 e. The summed E-state index contributed by atoms with van der Waals surface area (Å²) in [4.78, 5) is 16.9. The zero-order valence-electron chi connectivity index (χ0n) is 16.9. The standard InChI is InChI=1S/C21H31N3O4S/c25-16-17-6-8-22(9-7-17)15-21(26)23-10-12-24(13-11-23)29(27,28)20-5-4-18-2-1-3-19(18)14-20/h4-5,14,17,25H,1-3,6-13,15-16H2. The first kappa shape index (κ1) is 20.8. The van der Waals surface area contributed by atoms with Gasteiger partial charge in [-0.3, -0.25) is 9.69 Å². The Morgan fingerprint density at radius 2 is 1.69 bits per heavy atom. The number of hydrogen-bond acceptors (Lipinski definition) is 5. The first-order valence-corrected chi connectivity index (χ1v) is 12.1. The fourth-order valence-electron chi connectivity index (χ4n) is 4.65. The van der Waals surface area contributed by atoms with Crippen LogP contribution in [0.15, 0.2) is 23.1 Å². The van der Waals surface area contributed by atoms with Gasteiger partial charge in [0.15, 0.2) is 0 Å². The molecule has 2 heterocycles. The molecule has 1 aromatic carbocycles. The van der Waals surface area contributed by atoms with E-state index in [1.54, 1.807) is 11.0 Å². The van der Waals surface area contributed by atoms with E-state index in [0.717, 1.165) is 50.8 Å². The van der Waals surface area contributed by atoms with Crippen LogP contribution in [0.25, 0.3) is 0 Å². The average Bonchev–Trinajstić information content (AvgIpc) is 3.22. The Bertz CT molecular complexity index is 841. The fraction of sp³-hybridized carbons (Fsp3) is 0.667. The molecule has 0 saturated carbocycles. The molecular formula is C21H31N3O4S. The number of likely N-dealkylation sites (tertiary alicyclic amines) is 1.